The van der Waals surface area contributed by atoms with Gasteiger partial charge < -0.3 is 24.6 Å². The van der Waals surface area contributed by atoms with E-state index in [2.05, 4.69) is 5.32 Å². The van der Waals surface area contributed by atoms with Crippen LogP contribution in [0.15, 0.2) is 36.4 Å². The lowest BCUT2D eigenvalue weighted by Gasteiger charge is -2.19. The molecular formula is C16H15NO5. The van der Waals surface area contributed by atoms with E-state index in [4.69, 9.17) is 14.2 Å². The van der Waals surface area contributed by atoms with E-state index in [1.165, 1.54) is 13.2 Å². The van der Waals surface area contributed by atoms with Crippen LogP contribution < -0.4 is 19.5 Å². The normalized spacial score (nSPS) is 12.6. The predicted molar refractivity (Wildman–Crippen MR) is 80.7 cm³/mol. The third-order valence-corrected chi connectivity index (χ3v) is 3.28. The Balaban J connectivity index is 1.91. The van der Waals surface area contributed by atoms with E-state index < -0.39 is 5.97 Å². The van der Waals surface area contributed by atoms with Crippen LogP contribution in [0, 0.1) is 0 Å². The second kappa shape index (κ2) is 5.85. The Bertz CT molecular complexity index is 714. The zero-order valence-corrected chi connectivity index (χ0v) is 12.0. The first kappa shape index (κ1) is 14.1. The van der Waals surface area contributed by atoms with E-state index in [0.29, 0.717) is 36.1 Å². The van der Waals surface area contributed by atoms with Crippen LogP contribution in [-0.2, 0) is 0 Å². The van der Waals surface area contributed by atoms with Crippen molar-refractivity contribution in [3.63, 3.8) is 0 Å². The summed E-state index contributed by atoms with van der Waals surface area (Å²) >= 11 is 0. The van der Waals surface area contributed by atoms with Gasteiger partial charge in [-0.05, 0) is 30.3 Å². The molecule has 0 fully saturated rings. The summed E-state index contributed by atoms with van der Waals surface area (Å²) < 4.78 is 16.0. The minimum Gasteiger partial charge on any atom is -0.497 e. The zero-order chi connectivity index (χ0) is 15.5. The van der Waals surface area contributed by atoms with Gasteiger partial charge in [0.05, 0.1) is 18.4 Å². The van der Waals surface area contributed by atoms with Gasteiger partial charge in [0, 0.05) is 11.8 Å². The highest BCUT2D eigenvalue weighted by molar-refractivity contribution is 5.95. The number of carbonyl (C=O) groups is 1. The molecular weight excluding hydrogens is 286 g/mol. The Morgan fingerprint density at radius 1 is 1.14 bits per heavy atom. The van der Waals surface area contributed by atoms with Crippen LogP contribution in [-0.4, -0.2) is 31.4 Å². The van der Waals surface area contributed by atoms with Gasteiger partial charge in [-0.25, -0.2) is 4.79 Å². The number of carboxylic acids is 1. The van der Waals surface area contributed by atoms with Gasteiger partial charge in [-0.1, -0.05) is 0 Å². The van der Waals surface area contributed by atoms with Crippen molar-refractivity contribution < 1.29 is 24.1 Å². The van der Waals surface area contributed by atoms with Crippen molar-refractivity contribution in [2.24, 2.45) is 0 Å². The summed E-state index contributed by atoms with van der Waals surface area (Å²) in [6.45, 7) is 1.03. The topological polar surface area (TPSA) is 77.0 Å². The molecule has 1 aliphatic rings. The molecule has 6 heteroatoms. The molecule has 2 aromatic carbocycles. The molecule has 0 saturated carbocycles. The van der Waals surface area contributed by atoms with Gasteiger partial charge in [-0.3, -0.25) is 0 Å². The second-order valence-electron chi connectivity index (χ2n) is 4.70. The maximum absolute atomic E-state index is 11.4. The highest BCUT2D eigenvalue weighted by Gasteiger charge is 2.14. The van der Waals surface area contributed by atoms with Crippen LogP contribution in [0.4, 0.5) is 11.4 Å². The van der Waals surface area contributed by atoms with Crippen molar-refractivity contribution in [2.45, 2.75) is 0 Å². The average molecular weight is 301 g/mol. The van der Waals surface area contributed by atoms with Gasteiger partial charge in [-0.15, -0.1) is 0 Å². The van der Waals surface area contributed by atoms with Gasteiger partial charge in [0.15, 0.2) is 11.5 Å². The first-order chi connectivity index (χ1) is 10.7. The number of hydrogen-bond donors (Lipinski definition) is 2. The Morgan fingerprint density at radius 2 is 1.91 bits per heavy atom. The molecule has 3 rings (SSSR count). The van der Waals surface area contributed by atoms with Crippen molar-refractivity contribution in [1.29, 1.82) is 0 Å². The van der Waals surface area contributed by atoms with E-state index >= 15 is 0 Å². The molecule has 2 N–H and O–H groups in total. The summed E-state index contributed by atoms with van der Waals surface area (Å²) in [6.07, 6.45) is 0. The Morgan fingerprint density at radius 3 is 2.64 bits per heavy atom. The molecule has 0 radical (unpaired) electrons. The van der Waals surface area contributed by atoms with Crippen LogP contribution in [0.2, 0.25) is 0 Å². The zero-order valence-electron chi connectivity index (χ0n) is 12.0. The van der Waals surface area contributed by atoms with E-state index in [1.807, 2.05) is 6.07 Å². The fourth-order valence-electron chi connectivity index (χ4n) is 2.21. The van der Waals surface area contributed by atoms with E-state index in [0.717, 1.165) is 5.69 Å². The number of hydrogen-bond acceptors (Lipinski definition) is 5. The van der Waals surface area contributed by atoms with Crippen molar-refractivity contribution in [2.75, 3.05) is 25.6 Å². The summed E-state index contributed by atoms with van der Waals surface area (Å²) in [7, 11) is 1.49. The number of fused-ring (bicyclic) bond motifs is 1. The summed E-state index contributed by atoms with van der Waals surface area (Å²) in [5, 5.41) is 12.4. The van der Waals surface area contributed by atoms with E-state index in [1.54, 1.807) is 24.3 Å². The van der Waals surface area contributed by atoms with Crippen molar-refractivity contribution in [3.8, 4) is 17.2 Å². The van der Waals surface area contributed by atoms with Crippen LogP contribution in [0.1, 0.15) is 10.4 Å². The quantitative estimate of drug-likeness (QED) is 0.904. The van der Waals surface area contributed by atoms with Crippen molar-refractivity contribution >= 4 is 17.3 Å². The lowest BCUT2D eigenvalue weighted by atomic mass is 10.1. The highest BCUT2D eigenvalue weighted by atomic mass is 16.6. The number of benzene rings is 2. The van der Waals surface area contributed by atoms with Crippen molar-refractivity contribution in [3.05, 3.63) is 42.0 Å². The summed E-state index contributed by atoms with van der Waals surface area (Å²) in [6, 6.07) is 10.2. The number of anilines is 2. The average Bonchev–Trinajstić information content (AvgIpc) is 2.55. The monoisotopic (exact) mass is 301 g/mol. The number of carboxylic acid groups (broad SMARTS) is 1. The van der Waals surface area contributed by atoms with E-state index in [-0.39, 0.29) is 5.56 Å². The van der Waals surface area contributed by atoms with Gasteiger partial charge in [-0.2, -0.15) is 0 Å². The maximum atomic E-state index is 11.4. The third-order valence-electron chi connectivity index (χ3n) is 3.28. The highest BCUT2D eigenvalue weighted by Crippen LogP contribution is 2.34. The molecule has 0 saturated heterocycles. The van der Waals surface area contributed by atoms with Crippen LogP contribution in [0.5, 0.6) is 17.2 Å². The second-order valence-corrected chi connectivity index (χ2v) is 4.70. The third kappa shape index (κ3) is 2.76. The summed E-state index contributed by atoms with van der Waals surface area (Å²) in [5.74, 6) is 0.788. The molecule has 6 nitrogen and oxygen atoms in total. The number of rotatable bonds is 4. The smallest absolute Gasteiger partial charge is 0.337 e. The molecule has 2 aromatic rings. The number of ether oxygens (including phenoxy) is 3. The summed E-state index contributed by atoms with van der Waals surface area (Å²) in [4.78, 5) is 11.4. The first-order valence-corrected chi connectivity index (χ1v) is 6.75. The first-order valence-electron chi connectivity index (χ1n) is 6.75. The Hall–Kier alpha value is -2.89. The Labute approximate surface area is 127 Å². The number of nitrogens with one attached hydrogen (secondary N) is 1. The van der Waals surface area contributed by atoms with Gasteiger partial charge in [0.2, 0.25) is 0 Å². The molecule has 114 valence electrons. The van der Waals surface area contributed by atoms with Gasteiger partial charge >= 0.3 is 5.97 Å². The maximum Gasteiger partial charge on any atom is 0.337 e. The van der Waals surface area contributed by atoms with Crippen LogP contribution >= 0.6 is 0 Å². The molecule has 1 aliphatic heterocycles. The molecule has 22 heavy (non-hydrogen) atoms. The lowest BCUT2D eigenvalue weighted by Crippen LogP contribution is -2.15. The SMILES string of the molecule is COc1ccc(Nc2ccc3c(c2)OCCO3)c(C(=O)O)c1. The molecule has 0 bridgehead atoms. The number of methoxy groups -OCH3 is 1. The minimum absolute atomic E-state index is 0.134. The molecule has 0 unspecified atom stereocenters. The minimum atomic E-state index is -1.03. The number of aromatic carboxylic acids is 1. The lowest BCUT2D eigenvalue weighted by molar-refractivity contribution is 0.0697. The van der Waals surface area contributed by atoms with Crippen molar-refractivity contribution in [1.82, 2.24) is 0 Å². The molecule has 0 aliphatic carbocycles. The largest absolute Gasteiger partial charge is 0.497 e. The molecule has 0 aromatic heterocycles. The van der Waals surface area contributed by atoms with Gasteiger partial charge in [0.25, 0.3) is 0 Å². The fourth-order valence-corrected chi connectivity index (χ4v) is 2.21. The molecule has 0 atom stereocenters. The van der Waals surface area contributed by atoms with Gasteiger partial charge in [0.1, 0.15) is 19.0 Å². The molecule has 0 spiro atoms. The predicted octanol–water partition coefficient (Wildman–Crippen LogP) is 2.91. The fraction of sp³-hybridized carbons (Fsp3) is 0.188. The van der Waals surface area contributed by atoms with Crippen LogP contribution in [0.3, 0.4) is 0 Å². The molecule has 1 heterocycles. The standard InChI is InChI=1S/C16H15NO5/c1-20-11-3-4-13(12(9-11)16(18)19)17-10-2-5-14-15(8-10)22-7-6-21-14/h2-5,8-9,17H,6-7H2,1H3,(H,18,19). The summed E-state index contributed by atoms with van der Waals surface area (Å²) in [5.41, 5.74) is 1.33. The molecule has 0 amide bonds. The van der Waals surface area contributed by atoms with Crippen LogP contribution in [0.25, 0.3) is 0 Å². The Kier molecular flexibility index (Phi) is 3.74. The van der Waals surface area contributed by atoms with E-state index in [9.17, 15) is 9.90 Å².